The molecule has 0 nitrogen and oxygen atoms in total. The zero-order valence-corrected chi connectivity index (χ0v) is 15.3. The van der Waals surface area contributed by atoms with Crippen LogP contribution in [-0.2, 0) is 0 Å². The summed E-state index contributed by atoms with van der Waals surface area (Å²) in [5, 5.41) is 0. The van der Waals surface area contributed by atoms with E-state index in [4.69, 9.17) is 0 Å². The first-order chi connectivity index (χ1) is 7.41. The zero-order valence-electron chi connectivity index (χ0n) is 10.6. The van der Waals surface area contributed by atoms with Gasteiger partial charge in [-0.15, -0.1) is 0 Å². The normalized spacial score (nSPS) is 10.8. The van der Waals surface area contributed by atoms with Crippen LogP contribution in [0.4, 0.5) is 0 Å². The van der Waals surface area contributed by atoms with Crippen molar-refractivity contribution in [3.63, 3.8) is 0 Å². The van der Waals surface area contributed by atoms with E-state index in [0.717, 1.165) is 0 Å². The molecule has 0 saturated carbocycles. The fraction of sp³-hybridized carbons (Fsp3) is 1.00. The van der Waals surface area contributed by atoms with Gasteiger partial charge in [0, 0.05) is 0 Å². The zero-order chi connectivity index (χ0) is 11.2. The van der Waals surface area contributed by atoms with Crippen molar-refractivity contribution in [1.29, 1.82) is 0 Å². The molecule has 0 heterocycles. The van der Waals surface area contributed by atoms with Crippen molar-refractivity contribution < 1.29 is 0 Å². The molecule has 15 heavy (non-hydrogen) atoms. The van der Waals surface area contributed by atoms with Gasteiger partial charge in [0.15, 0.2) is 0 Å². The molecular weight excluding hydrogens is 411 g/mol. The fourth-order valence-corrected chi connectivity index (χ4v) is 11.5. The predicted molar refractivity (Wildman–Crippen MR) is 74.2 cm³/mol. The summed E-state index contributed by atoms with van der Waals surface area (Å²) in [7, 11) is 0. The maximum absolute atomic E-state index is 2.31. The van der Waals surface area contributed by atoms with Gasteiger partial charge in [-0.3, -0.25) is 0 Å². The van der Waals surface area contributed by atoms with Gasteiger partial charge in [-0.25, -0.2) is 0 Å². The second kappa shape index (κ2) is 15.6. The van der Waals surface area contributed by atoms with E-state index in [1.165, 1.54) is 38.5 Å². The molecule has 0 aliphatic rings. The second-order valence-corrected chi connectivity index (χ2v) is 13.9. The third kappa shape index (κ3) is 15.6. The molecule has 0 aromatic rings. The van der Waals surface area contributed by atoms with Crippen LogP contribution in [0.3, 0.4) is 0 Å². The van der Waals surface area contributed by atoms with Crippen LogP contribution in [0.15, 0.2) is 0 Å². The number of unbranched alkanes of at least 4 members (excludes halogenated alkanes) is 6. The Balaban J connectivity index is 2.81. The summed E-state index contributed by atoms with van der Waals surface area (Å²) in [5.41, 5.74) is 0. The van der Waals surface area contributed by atoms with Crippen molar-refractivity contribution in [3.8, 4) is 0 Å². The Morgan fingerprint density at radius 2 is 1.07 bits per heavy atom. The SMILES string of the molecule is CCCCCC[Te]C[Te]CCCCCC. The molecule has 0 amide bonds. The second-order valence-electron chi connectivity index (χ2n) is 4.06. The number of hydrogen-bond acceptors (Lipinski definition) is 0. The molecule has 0 rings (SSSR count). The Bertz CT molecular complexity index is 92.7. The molecule has 0 aliphatic heterocycles. The van der Waals surface area contributed by atoms with Gasteiger partial charge in [0.1, 0.15) is 0 Å². The Hall–Kier alpha value is 1.58. The number of hydrogen-bond donors (Lipinski definition) is 0. The summed E-state index contributed by atoms with van der Waals surface area (Å²) in [6.45, 7) is 4.61. The topological polar surface area (TPSA) is 0 Å². The van der Waals surface area contributed by atoms with Gasteiger partial charge in [-0.2, -0.15) is 0 Å². The van der Waals surface area contributed by atoms with Crippen molar-refractivity contribution in [2.24, 2.45) is 0 Å². The van der Waals surface area contributed by atoms with E-state index in [1.54, 1.807) is 24.3 Å². The van der Waals surface area contributed by atoms with E-state index in [1.807, 2.05) is 0 Å². The van der Waals surface area contributed by atoms with Gasteiger partial charge >= 0.3 is 119 Å². The van der Waals surface area contributed by atoms with Crippen LogP contribution in [0, 0.1) is 0 Å². The van der Waals surface area contributed by atoms with E-state index in [9.17, 15) is 0 Å². The molecule has 0 aromatic heterocycles. The summed E-state index contributed by atoms with van der Waals surface area (Å²) in [6.07, 6.45) is 11.9. The monoisotopic (exact) mass is 444 g/mol. The Morgan fingerprint density at radius 1 is 0.600 bits per heavy atom. The molecule has 0 fully saturated rings. The Kier molecular flexibility index (Phi) is 17.2. The summed E-state index contributed by atoms with van der Waals surface area (Å²) in [4.78, 5) is 0. The van der Waals surface area contributed by atoms with Gasteiger partial charge in [-0.05, 0) is 0 Å². The molecule has 2 heteroatoms. The molecule has 0 atom stereocenters. The van der Waals surface area contributed by atoms with E-state index in [2.05, 4.69) is 13.8 Å². The standard InChI is InChI=1S/C13H28Te2/c1-3-5-7-9-11-14-13-15-12-10-8-6-4-2/h3-13H2,1-2H3. The molecule has 0 aliphatic carbocycles. The van der Waals surface area contributed by atoms with Crippen LogP contribution in [0.1, 0.15) is 65.2 Å². The Labute approximate surface area is 118 Å². The van der Waals surface area contributed by atoms with Crippen LogP contribution in [-0.4, -0.2) is 41.8 Å². The van der Waals surface area contributed by atoms with E-state index in [0.29, 0.717) is 41.8 Å². The fourth-order valence-electron chi connectivity index (χ4n) is 1.44. The van der Waals surface area contributed by atoms with Crippen molar-refractivity contribution in [3.05, 3.63) is 0 Å². The molecule has 0 bridgehead atoms. The van der Waals surface area contributed by atoms with Gasteiger partial charge in [0.05, 0.1) is 0 Å². The molecule has 0 unspecified atom stereocenters. The summed E-state index contributed by atoms with van der Waals surface area (Å²) < 4.78 is 5.03. The third-order valence-corrected chi connectivity index (χ3v) is 13.1. The van der Waals surface area contributed by atoms with Crippen LogP contribution < -0.4 is 0 Å². The van der Waals surface area contributed by atoms with Crippen molar-refractivity contribution in [2.75, 3.05) is 0 Å². The molecule has 0 N–H and O–H groups in total. The summed E-state index contributed by atoms with van der Waals surface area (Å²) >= 11 is 0.949. The van der Waals surface area contributed by atoms with Crippen LogP contribution in [0.2, 0.25) is 11.5 Å². The molecule has 0 spiro atoms. The number of rotatable bonds is 12. The molecular formula is C13H28Te2. The van der Waals surface area contributed by atoms with Crippen LogP contribution in [0.5, 0.6) is 0 Å². The summed E-state index contributed by atoms with van der Waals surface area (Å²) in [6, 6.07) is 0. The van der Waals surface area contributed by atoms with Gasteiger partial charge in [-0.1, -0.05) is 0 Å². The molecule has 0 aromatic carbocycles. The average Bonchev–Trinajstić information content (AvgIpc) is 2.26. The third-order valence-electron chi connectivity index (χ3n) is 2.45. The average molecular weight is 440 g/mol. The maximum atomic E-state index is 2.31. The minimum atomic E-state index is 0.475. The first-order valence-corrected chi connectivity index (χ1v) is 13.2. The Morgan fingerprint density at radius 3 is 1.47 bits per heavy atom. The molecule has 0 radical (unpaired) electrons. The van der Waals surface area contributed by atoms with Crippen LogP contribution >= 0.6 is 0 Å². The predicted octanol–water partition coefficient (Wildman–Crippen LogP) is 4.77. The van der Waals surface area contributed by atoms with E-state index < -0.39 is 0 Å². The van der Waals surface area contributed by atoms with E-state index in [-0.39, 0.29) is 0 Å². The van der Waals surface area contributed by atoms with Gasteiger partial charge in [0.25, 0.3) is 0 Å². The van der Waals surface area contributed by atoms with Crippen molar-refractivity contribution in [2.45, 2.75) is 76.7 Å². The molecule has 0 saturated heterocycles. The van der Waals surface area contributed by atoms with Crippen molar-refractivity contribution >= 4 is 41.8 Å². The van der Waals surface area contributed by atoms with Crippen LogP contribution in [0.25, 0.3) is 0 Å². The first kappa shape index (κ1) is 16.6. The summed E-state index contributed by atoms with van der Waals surface area (Å²) in [5.74, 6) is 0. The van der Waals surface area contributed by atoms with Gasteiger partial charge < -0.3 is 0 Å². The minimum absolute atomic E-state index is 0.475. The first-order valence-electron chi connectivity index (χ1n) is 6.57. The quantitative estimate of drug-likeness (QED) is 0.304. The molecule has 92 valence electrons. The van der Waals surface area contributed by atoms with Crippen molar-refractivity contribution in [1.82, 2.24) is 0 Å². The van der Waals surface area contributed by atoms with Gasteiger partial charge in [0.2, 0.25) is 0 Å². The van der Waals surface area contributed by atoms with E-state index >= 15 is 0 Å².